The molecule has 2 rings (SSSR count). The smallest absolute Gasteiger partial charge is 0.0314 e. The maximum atomic E-state index is 5.61. The highest BCUT2D eigenvalue weighted by Crippen LogP contribution is 2.10. The molecule has 0 fully saturated rings. The van der Waals surface area contributed by atoms with Crippen LogP contribution in [0.2, 0.25) is 0 Å². The first-order valence-corrected chi connectivity index (χ1v) is 4.93. The molecular formula is C14H13N. The summed E-state index contributed by atoms with van der Waals surface area (Å²) in [5, 5.41) is 0. The monoisotopic (exact) mass is 194 g/mol. The lowest BCUT2D eigenvalue weighted by atomic mass is 9.89. The lowest BCUT2D eigenvalue weighted by molar-refractivity contribution is 1.64. The third-order valence-electron chi connectivity index (χ3n) is 2.20. The summed E-state index contributed by atoms with van der Waals surface area (Å²) in [5.41, 5.74) is 8.77. The molecule has 2 aromatic rings. The van der Waals surface area contributed by atoms with Crippen molar-refractivity contribution in [2.45, 2.75) is 0 Å². The van der Waals surface area contributed by atoms with Crippen molar-refractivity contribution in [3.63, 3.8) is 0 Å². The first-order chi connectivity index (χ1) is 7.34. The van der Waals surface area contributed by atoms with Gasteiger partial charge >= 0.3 is 0 Å². The van der Waals surface area contributed by atoms with Gasteiger partial charge in [-0.25, -0.2) is 0 Å². The number of anilines is 1. The van der Waals surface area contributed by atoms with Gasteiger partial charge in [-0.05, 0) is 23.3 Å². The molecule has 0 heterocycles. The molecule has 0 saturated carbocycles. The first kappa shape index (κ1) is 9.53. The molecule has 0 amide bonds. The molecule has 0 bridgehead atoms. The zero-order valence-corrected chi connectivity index (χ0v) is 8.43. The van der Waals surface area contributed by atoms with Crippen LogP contribution in [0.1, 0.15) is 11.1 Å². The highest BCUT2D eigenvalue weighted by Gasteiger charge is 1.87. The Morgan fingerprint density at radius 1 is 0.667 bits per heavy atom. The number of nitrogens with two attached hydrogens (primary N) is 1. The fourth-order valence-corrected chi connectivity index (χ4v) is 1.36. The Bertz CT molecular complexity index is 441. The van der Waals surface area contributed by atoms with E-state index in [1.165, 1.54) is 5.56 Å². The van der Waals surface area contributed by atoms with E-state index in [-0.39, 0.29) is 0 Å². The van der Waals surface area contributed by atoms with Gasteiger partial charge in [-0.3, -0.25) is 0 Å². The van der Waals surface area contributed by atoms with Crippen LogP contribution in [0, 0.1) is 0 Å². The standard InChI is InChI=1S/C14H13N/c15-14-10-8-13(9-11-14)7-6-12-4-2-1-3-5-12/h1-11H,15H2/b7-6+/i7-1. The predicted molar refractivity (Wildman–Crippen MR) is 66.2 cm³/mol. The van der Waals surface area contributed by atoms with Gasteiger partial charge in [-0.2, -0.15) is 0 Å². The summed E-state index contributed by atoms with van der Waals surface area (Å²) < 4.78 is 0. The molecule has 1 nitrogen and oxygen atoms in total. The quantitative estimate of drug-likeness (QED) is 0.575. The predicted octanol–water partition coefficient (Wildman–Crippen LogP) is 3.44. The van der Waals surface area contributed by atoms with Gasteiger partial charge in [0.05, 0.1) is 0 Å². The molecule has 0 saturated heterocycles. The van der Waals surface area contributed by atoms with Gasteiger partial charge < -0.3 is 5.73 Å². The van der Waals surface area contributed by atoms with E-state index >= 15 is 0 Å². The Balaban J connectivity index is 2.15. The zero-order chi connectivity index (χ0) is 10.5. The molecule has 0 atom stereocenters. The molecular weight excluding hydrogens is 181 g/mol. The number of hydrogen-bond donors (Lipinski definition) is 1. The molecule has 2 N–H and O–H groups in total. The summed E-state index contributed by atoms with van der Waals surface area (Å²) in [6.07, 6.45) is 4.17. The average molecular weight is 194 g/mol. The fraction of sp³-hybridized carbons (Fsp3) is 0. The maximum absolute atomic E-state index is 5.61. The van der Waals surface area contributed by atoms with Crippen molar-refractivity contribution in [2.24, 2.45) is 0 Å². The zero-order valence-electron chi connectivity index (χ0n) is 8.43. The molecule has 0 unspecified atom stereocenters. The highest BCUT2D eigenvalue weighted by atomic mass is 14.5. The number of hydrogen-bond acceptors (Lipinski definition) is 1. The van der Waals surface area contributed by atoms with E-state index in [9.17, 15) is 0 Å². The van der Waals surface area contributed by atoms with E-state index in [2.05, 4.69) is 24.3 Å². The summed E-state index contributed by atoms with van der Waals surface area (Å²) in [5.74, 6) is 0. The van der Waals surface area contributed by atoms with Crippen LogP contribution in [0.25, 0.3) is 12.2 Å². The number of nitrogen functional groups attached to an aromatic ring is 1. The summed E-state index contributed by atoms with van der Waals surface area (Å²) in [6, 6.07) is 18.1. The lowest BCUT2D eigenvalue weighted by Crippen LogP contribution is -1.82. The summed E-state index contributed by atoms with van der Waals surface area (Å²) in [6.45, 7) is 0. The molecule has 74 valence electrons. The van der Waals surface area contributed by atoms with Crippen molar-refractivity contribution in [1.82, 2.24) is 0 Å². The van der Waals surface area contributed by atoms with Crippen LogP contribution >= 0.6 is 0 Å². The minimum absolute atomic E-state index is 0.798. The number of rotatable bonds is 2. The largest absolute Gasteiger partial charge is 0.399 e. The molecule has 0 radical (unpaired) electrons. The third kappa shape index (κ3) is 2.71. The second kappa shape index (κ2) is 4.47. The topological polar surface area (TPSA) is 26.0 Å². The van der Waals surface area contributed by atoms with Crippen molar-refractivity contribution < 1.29 is 0 Å². The van der Waals surface area contributed by atoms with Gasteiger partial charge in [-0.1, -0.05) is 54.6 Å². The van der Waals surface area contributed by atoms with Crippen molar-refractivity contribution >= 4 is 17.8 Å². The van der Waals surface area contributed by atoms with Gasteiger partial charge in [0, 0.05) is 5.69 Å². The molecule has 0 aliphatic rings. The molecule has 1 heteroatoms. The van der Waals surface area contributed by atoms with E-state index in [0.717, 1.165) is 11.3 Å². The van der Waals surface area contributed by atoms with Crippen LogP contribution in [0.3, 0.4) is 0 Å². The minimum Gasteiger partial charge on any atom is -0.399 e. The van der Waals surface area contributed by atoms with Crippen molar-refractivity contribution in [3.05, 3.63) is 65.7 Å². The van der Waals surface area contributed by atoms with Gasteiger partial charge in [0.25, 0.3) is 0 Å². The maximum Gasteiger partial charge on any atom is 0.0314 e. The van der Waals surface area contributed by atoms with E-state index in [4.69, 9.17) is 5.73 Å². The normalized spacial score (nSPS) is 10.7. The SMILES string of the molecule is Nc1ccc(/[11CH]=C/c2ccccc2)cc1. The van der Waals surface area contributed by atoms with Crippen molar-refractivity contribution in [3.8, 4) is 0 Å². The Labute approximate surface area is 89.9 Å². The van der Waals surface area contributed by atoms with Crippen LogP contribution in [0.5, 0.6) is 0 Å². The third-order valence-corrected chi connectivity index (χ3v) is 2.20. The summed E-state index contributed by atoms with van der Waals surface area (Å²) in [4.78, 5) is 0. The Hall–Kier alpha value is -2.02. The van der Waals surface area contributed by atoms with Gasteiger partial charge in [0.15, 0.2) is 0 Å². The van der Waals surface area contributed by atoms with E-state index < -0.39 is 0 Å². The molecule has 0 aliphatic heterocycles. The Morgan fingerprint density at radius 2 is 1.20 bits per heavy atom. The van der Waals surface area contributed by atoms with E-state index in [1.807, 2.05) is 42.5 Å². The minimum atomic E-state index is 0.798. The van der Waals surface area contributed by atoms with Crippen LogP contribution < -0.4 is 5.73 Å². The molecule has 0 spiro atoms. The summed E-state index contributed by atoms with van der Waals surface area (Å²) >= 11 is 0. The lowest BCUT2D eigenvalue weighted by Gasteiger charge is -1.95. The Kier molecular flexibility index (Phi) is 2.84. The fourth-order valence-electron chi connectivity index (χ4n) is 1.36. The second-order valence-corrected chi connectivity index (χ2v) is 3.41. The molecule has 15 heavy (non-hydrogen) atoms. The first-order valence-electron chi connectivity index (χ1n) is 4.93. The average Bonchev–Trinajstić information content (AvgIpc) is 2.30. The van der Waals surface area contributed by atoms with Crippen LogP contribution in [-0.4, -0.2) is 0 Å². The van der Waals surface area contributed by atoms with Gasteiger partial charge in [0.1, 0.15) is 0 Å². The van der Waals surface area contributed by atoms with Crippen LogP contribution in [-0.2, 0) is 0 Å². The molecule has 0 aromatic heterocycles. The van der Waals surface area contributed by atoms with Crippen LogP contribution in [0.4, 0.5) is 5.69 Å². The van der Waals surface area contributed by atoms with Crippen molar-refractivity contribution in [1.29, 1.82) is 0 Å². The van der Waals surface area contributed by atoms with E-state index in [0.29, 0.717) is 0 Å². The Morgan fingerprint density at radius 3 is 1.80 bits per heavy atom. The highest BCUT2D eigenvalue weighted by molar-refractivity contribution is 5.70. The number of benzene rings is 2. The molecule has 2 aromatic carbocycles. The summed E-state index contributed by atoms with van der Waals surface area (Å²) in [7, 11) is 0. The van der Waals surface area contributed by atoms with Gasteiger partial charge in [0.2, 0.25) is 0 Å². The second-order valence-electron chi connectivity index (χ2n) is 3.41. The van der Waals surface area contributed by atoms with Crippen LogP contribution in [0.15, 0.2) is 54.6 Å². The molecule has 0 aliphatic carbocycles. The van der Waals surface area contributed by atoms with Crippen molar-refractivity contribution in [2.75, 3.05) is 5.73 Å². The van der Waals surface area contributed by atoms with Gasteiger partial charge in [-0.15, -0.1) is 0 Å². The van der Waals surface area contributed by atoms with E-state index in [1.54, 1.807) is 0 Å².